The van der Waals surface area contributed by atoms with E-state index in [1.54, 1.807) is 0 Å². The summed E-state index contributed by atoms with van der Waals surface area (Å²) in [5, 5.41) is 5.72. The molecule has 3 aliphatic rings. The first-order chi connectivity index (χ1) is 16.9. The molecule has 9 heteroatoms. The van der Waals surface area contributed by atoms with Crippen LogP contribution in [0.15, 0.2) is 54.9 Å². The lowest BCUT2D eigenvalue weighted by Gasteiger charge is -2.30. The number of carbonyl (C=O) groups is 3. The second-order valence-corrected chi connectivity index (χ2v) is 8.65. The number of ether oxygens (including phenoxy) is 2. The summed E-state index contributed by atoms with van der Waals surface area (Å²) < 4.78 is 10.8. The van der Waals surface area contributed by atoms with E-state index in [-0.39, 0.29) is 31.4 Å². The van der Waals surface area contributed by atoms with Gasteiger partial charge in [0.25, 0.3) is 5.91 Å². The second-order valence-electron chi connectivity index (χ2n) is 8.65. The molecule has 1 saturated heterocycles. The van der Waals surface area contributed by atoms with Crippen molar-refractivity contribution in [1.29, 1.82) is 0 Å². The average Bonchev–Trinajstić information content (AvgIpc) is 3.40. The highest BCUT2D eigenvalue weighted by atomic mass is 16.7. The van der Waals surface area contributed by atoms with E-state index in [0.29, 0.717) is 34.9 Å². The molecule has 0 aliphatic carbocycles. The number of fused-ring (bicyclic) bond motifs is 2. The van der Waals surface area contributed by atoms with Crippen molar-refractivity contribution in [3.63, 3.8) is 0 Å². The summed E-state index contributed by atoms with van der Waals surface area (Å²) >= 11 is 0. The van der Waals surface area contributed by atoms with E-state index in [0.717, 1.165) is 17.1 Å². The van der Waals surface area contributed by atoms with Crippen LogP contribution in [0.3, 0.4) is 0 Å². The molecule has 35 heavy (non-hydrogen) atoms. The minimum absolute atomic E-state index is 0.190. The highest BCUT2D eigenvalue weighted by Gasteiger charge is 2.42. The van der Waals surface area contributed by atoms with E-state index in [1.165, 1.54) is 4.90 Å². The van der Waals surface area contributed by atoms with Crippen molar-refractivity contribution in [2.24, 2.45) is 0 Å². The lowest BCUT2D eigenvalue weighted by Crippen LogP contribution is -2.52. The maximum Gasteiger partial charge on any atom is 0.260 e. The Kier molecular flexibility index (Phi) is 5.68. The molecular formula is C26H26N4O5. The number of nitrogens with one attached hydrogen (secondary N) is 2. The van der Waals surface area contributed by atoms with Crippen LogP contribution in [0.5, 0.6) is 11.5 Å². The number of benzene rings is 2. The summed E-state index contributed by atoms with van der Waals surface area (Å²) in [7, 11) is 1.93. The molecule has 0 saturated carbocycles. The zero-order valence-electron chi connectivity index (χ0n) is 19.6. The van der Waals surface area contributed by atoms with E-state index >= 15 is 0 Å². The molecule has 3 amide bonds. The van der Waals surface area contributed by atoms with Crippen molar-refractivity contribution in [3.8, 4) is 11.5 Å². The van der Waals surface area contributed by atoms with Gasteiger partial charge in [0.2, 0.25) is 18.6 Å². The molecule has 3 heterocycles. The van der Waals surface area contributed by atoms with Gasteiger partial charge in [0.05, 0.1) is 5.56 Å². The van der Waals surface area contributed by atoms with Crippen LogP contribution in [0.2, 0.25) is 0 Å². The van der Waals surface area contributed by atoms with Crippen LogP contribution >= 0.6 is 0 Å². The number of nitrogens with zero attached hydrogens (tertiary/aromatic N) is 2. The Labute approximate surface area is 203 Å². The summed E-state index contributed by atoms with van der Waals surface area (Å²) in [6.45, 7) is 6.68. The molecule has 2 aromatic rings. The summed E-state index contributed by atoms with van der Waals surface area (Å²) in [4.78, 5) is 41.0. The topological polar surface area (TPSA) is 100 Å². The molecule has 1 unspecified atom stereocenters. The van der Waals surface area contributed by atoms with Crippen LogP contribution in [-0.2, 0) is 16.1 Å². The fraction of sp³-hybridized carbons (Fsp3) is 0.269. The van der Waals surface area contributed by atoms with E-state index < -0.39 is 11.9 Å². The minimum Gasteiger partial charge on any atom is -0.454 e. The van der Waals surface area contributed by atoms with Gasteiger partial charge in [-0.25, -0.2) is 0 Å². The van der Waals surface area contributed by atoms with Gasteiger partial charge in [0, 0.05) is 43.0 Å². The molecule has 3 aliphatic heterocycles. The first-order valence-electron chi connectivity index (χ1n) is 11.4. The molecule has 1 fully saturated rings. The Morgan fingerprint density at radius 1 is 1.23 bits per heavy atom. The van der Waals surface area contributed by atoms with Crippen molar-refractivity contribution in [1.82, 2.24) is 15.1 Å². The smallest absolute Gasteiger partial charge is 0.260 e. The fourth-order valence-corrected chi connectivity index (χ4v) is 4.71. The van der Waals surface area contributed by atoms with Gasteiger partial charge in [-0.05, 0) is 37.1 Å². The van der Waals surface area contributed by atoms with E-state index in [2.05, 4.69) is 17.2 Å². The molecule has 0 bridgehead atoms. The summed E-state index contributed by atoms with van der Waals surface area (Å²) in [5.74, 6) is 1.18. The lowest BCUT2D eigenvalue weighted by atomic mass is 10.0. The zero-order valence-corrected chi connectivity index (χ0v) is 19.6. The van der Waals surface area contributed by atoms with E-state index in [9.17, 15) is 14.4 Å². The molecule has 180 valence electrons. The van der Waals surface area contributed by atoms with Crippen molar-refractivity contribution in [3.05, 3.63) is 71.6 Å². The summed E-state index contributed by atoms with van der Waals surface area (Å²) in [6.07, 6.45) is 2.42. The molecule has 1 atom stereocenters. The minimum atomic E-state index is -0.746. The number of amides is 3. The molecule has 0 spiro atoms. The van der Waals surface area contributed by atoms with Crippen LogP contribution < -0.4 is 20.1 Å². The Morgan fingerprint density at radius 3 is 2.80 bits per heavy atom. The first kappa shape index (κ1) is 22.5. The fourth-order valence-electron chi connectivity index (χ4n) is 4.71. The third-order valence-electron chi connectivity index (χ3n) is 6.44. The number of hydrogen-bond acceptors (Lipinski definition) is 7. The molecule has 0 radical (unpaired) electrons. The largest absolute Gasteiger partial charge is 0.454 e. The van der Waals surface area contributed by atoms with Crippen LogP contribution in [0.1, 0.15) is 41.3 Å². The standard InChI is InChI=1S/C26H26N4O5/c1-4-22(27-17-8-10-20-21(12-17)35-14-34-20)29(3)13-16-6-5-7-18-15(2)30(26(33)24(16)18)19-9-11-23(31)28-25(19)32/h4-8,10,12,19,27H,2,9,11,13-14H2,1,3H3,(H,28,31,32). The monoisotopic (exact) mass is 474 g/mol. The molecule has 5 rings (SSSR count). The average molecular weight is 475 g/mol. The molecule has 0 aromatic heterocycles. The van der Waals surface area contributed by atoms with Gasteiger partial charge in [-0.15, -0.1) is 0 Å². The van der Waals surface area contributed by atoms with Gasteiger partial charge in [-0.3, -0.25) is 24.6 Å². The van der Waals surface area contributed by atoms with Gasteiger partial charge in [0.1, 0.15) is 11.9 Å². The normalized spacial score (nSPS) is 19.1. The van der Waals surface area contributed by atoms with Gasteiger partial charge in [-0.1, -0.05) is 24.8 Å². The van der Waals surface area contributed by atoms with E-state index in [4.69, 9.17) is 9.47 Å². The number of hydrogen-bond donors (Lipinski definition) is 2. The quantitative estimate of drug-likeness (QED) is 0.621. The molecule has 2 aromatic carbocycles. The Morgan fingerprint density at radius 2 is 2.03 bits per heavy atom. The molecule has 9 nitrogen and oxygen atoms in total. The number of rotatable bonds is 6. The highest BCUT2D eigenvalue weighted by molar-refractivity contribution is 6.13. The van der Waals surface area contributed by atoms with Gasteiger partial charge < -0.3 is 19.7 Å². The number of allylic oxidation sites excluding steroid dienone is 1. The van der Waals surface area contributed by atoms with Gasteiger partial charge >= 0.3 is 0 Å². The van der Waals surface area contributed by atoms with Crippen LogP contribution in [0.25, 0.3) is 5.70 Å². The summed E-state index contributed by atoms with van der Waals surface area (Å²) in [6, 6.07) is 10.5. The SMILES string of the molecule is C=C1c2cccc(CN(C)C(=CC)Nc3ccc4c(c3)OCO4)c2C(=O)N1C1CCC(=O)NC1=O. The maximum absolute atomic E-state index is 13.5. The van der Waals surface area contributed by atoms with Crippen molar-refractivity contribution in [2.75, 3.05) is 19.2 Å². The predicted octanol–water partition coefficient (Wildman–Crippen LogP) is 3.05. The predicted molar refractivity (Wildman–Crippen MR) is 129 cm³/mol. The van der Waals surface area contributed by atoms with Crippen LogP contribution in [0, 0.1) is 0 Å². The Bertz CT molecular complexity index is 1280. The Balaban J connectivity index is 1.36. The highest BCUT2D eigenvalue weighted by Crippen LogP contribution is 2.38. The number of imide groups is 1. The van der Waals surface area contributed by atoms with Gasteiger partial charge in [-0.2, -0.15) is 0 Å². The number of piperidine rings is 1. The maximum atomic E-state index is 13.5. The lowest BCUT2D eigenvalue weighted by molar-refractivity contribution is -0.136. The Hall–Kier alpha value is -4.27. The van der Waals surface area contributed by atoms with Crippen molar-refractivity contribution >= 4 is 29.1 Å². The number of carbonyl (C=O) groups excluding carboxylic acids is 3. The number of anilines is 1. The third kappa shape index (κ3) is 3.99. The van der Waals surface area contributed by atoms with Crippen molar-refractivity contribution in [2.45, 2.75) is 32.4 Å². The first-order valence-corrected chi connectivity index (χ1v) is 11.4. The van der Waals surface area contributed by atoms with Crippen LogP contribution in [-0.4, -0.2) is 47.4 Å². The molecular weight excluding hydrogens is 448 g/mol. The van der Waals surface area contributed by atoms with E-state index in [1.807, 2.05) is 61.3 Å². The van der Waals surface area contributed by atoms with Crippen LogP contribution in [0.4, 0.5) is 5.69 Å². The van der Waals surface area contributed by atoms with Gasteiger partial charge in [0.15, 0.2) is 11.5 Å². The summed E-state index contributed by atoms with van der Waals surface area (Å²) in [5.41, 5.74) is 3.39. The van der Waals surface area contributed by atoms with Crippen molar-refractivity contribution < 1.29 is 23.9 Å². The second kappa shape index (κ2) is 8.83. The molecule has 2 N–H and O–H groups in total. The third-order valence-corrected chi connectivity index (χ3v) is 6.44. The zero-order chi connectivity index (χ0) is 24.7.